The molecular weight excluding hydrogens is 326 g/mol. The number of furan rings is 1. The van der Waals surface area contributed by atoms with Gasteiger partial charge in [0, 0.05) is 7.05 Å². The van der Waals surface area contributed by atoms with Crippen molar-refractivity contribution in [1.29, 1.82) is 0 Å². The smallest absolute Gasteiger partial charge is 0.305 e. The standard InChI is InChI=1S/C14H18BrNO4/c1-16(13(19)10-5-8-20-12(10)15)14(9-11(17)18)6-3-2-4-7-14/h5,8H,2-4,6-7,9H2,1H3,(H,17,18). The second-order valence-electron chi connectivity index (χ2n) is 5.33. The highest BCUT2D eigenvalue weighted by molar-refractivity contribution is 9.10. The zero-order valence-electron chi connectivity index (χ0n) is 11.4. The lowest BCUT2D eigenvalue weighted by molar-refractivity contribution is -0.140. The molecule has 110 valence electrons. The number of halogens is 1. The van der Waals surface area contributed by atoms with Crippen LogP contribution in [-0.4, -0.2) is 34.5 Å². The summed E-state index contributed by atoms with van der Waals surface area (Å²) in [5.74, 6) is -1.06. The number of carbonyl (C=O) groups is 2. The normalized spacial score (nSPS) is 17.7. The Morgan fingerprint density at radius 2 is 2.05 bits per heavy atom. The van der Waals surface area contributed by atoms with Crippen molar-refractivity contribution in [3.63, 3.8) is 0 Å². The van der Waals surface area contributed by atoms with E-state index < -0.39 is 11.5 Å². The Bertz CT molecular complexity index is 505. The summed E-state index contributed by atoms with van der Waals surface area (Å²) in [5.41, 5.74) is -0.152. The molecule has 20 heavy (non-hydrogen) atoms. The first-order chi connectivity index (χ1) is 9.46. The highest BCUT2D eigenvalue weighted by Gasteiger charge is 2.41. The third-order valence-electron chi connectivity index (χ3n) is 4.13. The topological polar surface area (TPSA) is 70.8 Å². The molecule has 1 heterocycles. The zero-order valence-corrected chi connectivity index (χ0v) is 13.0. The second-order valence-corrected chi connectivity index (χ2v) is 6.05. The van der Waals surface area contributed by atoms with Gasteiger partial charge in [0.2, 0.25) is 0 Å². The van der Waals surface area contributed by atoms with Gasteiger partial charge in [0.15, 0.2) is 4.67 Å². The molecule has 1 aliphatic rings. The lowest BCUT2D eigenvalue weighted by atomic mass is 9.78. The first kappa shape index (κ1) is 15.1. The number of hydrogen-bond donors (Lipinski definition) is 1. The van der Waals surface area contributed by atoms with Gasteiger partial charge in [-0.2, -0.15) is 0 Å². The van der Waals surface area contributed by atoms with Gasteiger partial charge in [-0.05, 0) is 34.8 Å². The average molecular weight is 344 g/mol. The van der Waals surface area contributed by atoms with E-state index in [1.54, 1.807) is 18.0 Å². The summed E-state index contributed by atoms with van der Waals surface area (Å²) in [6, 6.07) is 1.60. The monoisotopic (exact) mass is 343 g/mol. The SMILES string of the molecule is CN(C(=O)c1ccoc1Br)C1(CC(=O)O)CCCCC1. The summed E-state index contributed by atoms with van der Waals surface area (Å²) in [5, 5.41) is 9.18. The maximum Gasteiger partial charge on any atom is 0.305 e. The number of nitrogens with zero attached hydrogens (tertiary/aromatic N) is 1. The van der Waals surface area contributed by atoms with Gasteiger partial charge in [-0.25, -0.2) is 0 Å². The molecule has 1 aromatic heterocycles. The highest BCUT2D eigenvalue weighted by atomic mass is 79.9. The molecule has 2 rings (SSSR count). The molecule has 0 aromatic carbocycles. The zero-order chi connectivity index (χ0) is 14.8. The van der Waals surface area contributed by atoms with E-state index in [1.165, 1.54) is 6.26 Å². The maximum absolute atomic E-state index is 12.6. The molecule has 0 spiro atoms. The third kappa shape index (κ3) is 2.90. The quantitative estimate of drug-likeness (QED) is 0.910. The lowest BCUT2D eigenvalue weighted by Gasteiger charge is -2.43. The fourth-order valence-corrected chi connectivity index (χ4v) is 3.37. The van der Waals surface area contributed by atoms with E-state index in [1.807, 2.05) is 0 Å². The summed E-state index contributed by atoms with van der Waals surface area (Å²) in [6.07, 6.45) is 5.91. The molecule has 6 heteroatoms. The van der Waals surface area contributed by atoms with Crippen molar-refractivity contribution in [3.05, 3.63) is 22.6 Å². The first-order valence-electron chi connectivity index (χ1n) is 6.69. The van der Waals surface area contributed by atoms with Crippen molar-refractivity contribution in [1.82, 2.24) is 4.90 Å². The minimum absolute atomic E-state index is 0.00922. The largest absolute Gasteiger partial charge is 0.481 e. The molecule has 0 unspecified atom stereocenters. The summed E-state index contributed by atoms with van der Waals surface area (Å²) in [4.78, 5) is 25.3. The van der Waals surface area contributed by atoms with Crippen LogP contribution < -0.4 is 0 Å². The molecule has 1 aromatic rings. The fourth-order valence-electron chi connectivity index (χ4n) is 2.96. The van der Waals surface area contributed by atoms with Crippen molar-refractivity contribution in [2.75, 3.05) is 7.05 Å². The van der Waals surface area contributed by atoms with Crippen molar-refractivity contribution < 1.29 is 19.1 Å². The van der Waals surface area contributed by atoms with Gasteiger partial charge >= 0.3 is 5.97 Å². The molecule has 1 saturated carbocycles. The molecular formula is C14H18BrNO4. The fraction of sp³-hybridized carbons (Fsp3) is 0.571. The summed E-state index contributed by atoms with van der Waals surface area (Å²) in [7, 11) is 1.69. The number of amides is 1. The van der Waals surface area contributed by atoms with Crippen LogP contribution in [0.4, 0.5) is 0 Å². The van der Waals surface area contributed by atoms with Crippen LogP contribution in [0.3, 0.4) is 0 Å². The van der Waals surface area contributed by atoms with Gasteiger partial charge < -0.3 is 14.4 Å². The van der Waals surface area contributed by atoms with Crippen LogP contribution in [-0.2, 0) is 4.79 Å². The van der Waals surface area contributed by atoms with E-state index >= 15 is 0 Å². The van der Waals surface area contributed by atoms with Crippen LogP contribution in [0, 0.1) is 0 Å². The Kier molecular flexibility index (Phi) is 4.52. The number of hydrogen-bond acceptors (Lipinski definition) is 3. The number of aliphatic carboxylic acids is 1. The molecule has 0 aliphatic heterocycles. The lowest BCUT2D eigenvalue weighted by Crippen LogP contribution is -2.52. The van der Waals surface area contributed by atoms with Gasteiger partial charge in [-0.3, -0.25) is 9.59 Å². The van der Waals surface area contributed by atoms with Crippen LogP contribution in [0.1, 0.15) is 48.9 Å². The van der Waals surface area contributed by atoms with E-state index in [2.05, 4.69) is 15.9 Å². The predicted molar refractivity (Wildman–Crippen MR) is 76.6 cm³/mol. The molecule has 0 saturated heterocycles. The minimum Gasteiger partial charge on any atom is -0.481 e. The van der Waals surface area contributed by atoms with E-state index in [0.717, 1.165) is 32.1 Å². The predicted octanol–water partition coefficient (Wildman–Crippen LogP) is 3.29. The first-order valence-corrected chi connectivity index (χ1v) is 7.48. The second kappa shape index (κ2) is 5.99. The van der Waals surface area contributed by atoms with Crippen molar-refractivity contribution in [2.24, 2.45) is 0 Å². The average Bonchev–Trinajstić information content (AvgIpc) is 2.83. The number of carboxylic acids is 1. The maximum atomic E-state index is 12.6. The van der Waals surface area contributed by atoms with Gasteiger partial charge in [0.25, 0.3) is 5.91 Å². The van der Waals surface area contributed by atoms with Crippen LogP contribution in [0.25, 0.3) is 0 Å². The third-order valence-corrected chi connectivity index (χ3v) is 4.74. The van der Waals surface area contributed by atoms with Crippen LogP contribution >= 0.6 is 15.9 Å². The molecule has 5 nitrogen and oxygen atoms in total. The molecule has 1 N–H and O–H groups in total. The van der Waals surface area contributed by atoms with Gasteiger partial charge in [0.05, 0.1) is 23.8 Å². The molecule has 0 atom stereocenters. The Labute approximate surface area is 126 Å². The van der Waals surface area contributed by atoms with Crippen molar-refractivity contribution in [3.8, 4) is 0 Å². The number of carbonyl (C=O) groups excluding carboxylic acids is 1. The molecule has 0 radical (unpaired) electrons. The summed E-state index contributed by atoms with van der Waals surface area (Å²) >= 11 is 3.20. The Balaban J connectivity index is 2.26. The van der Waals surface area contributed by atoms with E-state index in [4.69, 9.17) is 4.42 Å². The summed E-state index contributed by atoms with van der Waals surface area (Å²) in [6.45, 7) is 0. The molecule has 1 fully saturated rings. The van der Waals surface area contributed by atoms with E-state index in [9.17, 15) is 14.7 Å². The molecule has 1 amide bonds. The summed E-state index contributed by atoms with van der Waals surface area (Å²) < 4.78 is 5.47. The van der Waals surface area contributed by atoms with Gasteiger partial charge in [-0.15, -0.1) is 0 Å². The van der Waals surface area contributed by atoms with E-state index in [0.29, 0.717) is 10.2 Å². The number of rotatable bonds is 4. The van der Waals surface area contributed by atoms with Crippen molar-refractivity contribution in [2.45, 2.75) is 44.1 Å². The van der Waals surface area contributed by atoms with Gasteiger partial charge in [0.1, 0.15) is 0 Å². The minimum atomic E-state index is -0.863. The van der Waals surface area contributed by atoms with E-state index in [-0.39, 0.29) is 12.3 Å². The van der Waals surface area contributed by atoms with Crippen LogP contribution in [0.15, 0.2) is 21.4 Å². The van der Waals surface area contributed by atoms with Crippen molar-refractivity contribution >= 4 is 27.8 Å². The number of carboxylic acid groups (broad SMARTS) is 1. The Hall–Kier alpha value is -1.30. The van der Waals surface area contributed by atoms with Gasteiger partial charge in [-0.1, -0.05) is 19.3 Å². The molecule has 1 aliphatic carbocycles. The Morgan fingerprint density at radius 1 is 1.40 bits per heavy atom. The molecule has 0 bridgehead atoms. The Morgan fingerprint density at radius 3 is 2.55 bits per heavy atom. The van der Waals surface area contributed by atoms with Crippen LogP contribution in [0.5, 0.6) is 0 Å². The highest BCUT2D eigenvalue weighted by Crippen LogP contribution is 2.37. The van der Waals surface area contributed by atoms with Crippen LogP contribution in [0.2, 0.25) is 0 Å².